The van der Waals surface area contributed by atoms with Crippen molar-refractivity contribution in [1.82, 2.24) is 20.2 Å². The third kappa shape index (κ3) is 2.81. The predicted octanol–water partition coefficient (Wildman–Crippen LogP) is 0.259. The van der Waals surface area contributed by atoms with Gasteiger partial charge in [-0.05, 0) is 18.8 Å². The molecule has 0 aliphatic carbocycles. The molecule has 2 amide bonds. The Bertz CT molecular complexity index is 562. The highest BCUT2D eigenvalue weighted by Gasteiger charge is 2.35. The highest BCUT2D eigenvalue weighted by Crippen LogP contribution is 2.26. The number of nitrogens with zero attached hydrogens (tertiary/aromatic N) is 3. The molecule has 2 aliphatic rings. The van der Waals surface area contributed by atoms with Crippen LogP contribution in [0.3, 0.4) is 0 Å². The average Bonchev–Trinajstić information content (AvgIpc) is 2.53. The van der Waals surface area contributed by atoms with E-state index in [4.69, 9.17) is 0 Å². The van der Waals surface area contributed by atoms with Crippen LogP contribution in [0.4, 0.5) is 5.82 Å². The minimum absolute atomic E-state index is 0.0880. The first-order valence-electron chi connectivity index (χ1n) is 7.26. The van der Waals surface area contributed by atoms with E-state index in [2.05, 4.69) is 20.6 Å². The van der Waals surface area contributed by atoms with Gasteiger partial charge in [0.25, 0.3) is 5.91 Å². The van der Waals surface area contributed by atoms with E-state index in [1.807, 2.05) is 4.90 Å². The lowest BCUT2D eigenvalue weighted by molar-refractivity contribution is -0.125. The van der Waals surface area contributed by atoms with Crippen LogP contribution in [0.5, 0.6) is 0 Å². The quantitative estimate of drug-likeness (QED) is 0.815. The number of hydrogen-bond donors (Lipinski definition) is 2. The largest absolute Gasteiger partial charge is 0.372 e. The second-order valence-corrected chi connectivity index (χ2v) is 5.55. The average molecular weight is 289 g/mol. The molecule has 3 heterocycles. The lowest BCUT2D eigenvalue weighted by Crippen LogP contribution is -2.55. The van der Waals surface area contributed by atoms with E-state index in [0.717, 1.165) is 12.8 Å². The molecule has 0 spiro atoms. The van der Waals surface area contributed by atoms with Crippen molar-refractivity contribution in [3.05, 3.63) is 18.1 Å². The van der Waals surface area contributed by atoms with Gasteiger partial charge in [0.1, 0.15) is 11.5 Å². The third-order valence-corrected chi connectivity index (χ3v) is 4.22. The van der Waals surface area contributed by atoms with Crippen molar-refractivity contribution in [2.24, 2.45) is 5.92 Å². The molecule has 2 N–H and O–H groups in total. The Labute approximate surface area is 123 Å². The summed E-state index contributed by atoms with van der Waals surface area (Å²) in [6, 6.07) is 0.213. The maximum Gasteiger partial charge on any atom is 0.274 e. The van der Waals surface area contributed by atoms with Crippen molar-refractivity contribution >= 4 is 17.6 Å². The number of likely N-dealkylation sites (tertiary alicyclic amines) is 1. The van der Waals surface area contributed by atoms with Gasteiger partial charge in [-0.3, -0.25) is 14.6 Å². The van der Waals surface area contributed by atoms with Gasteiger partial charge in [0, 0.05) is 32.6 Å². The van der Waals surface area contributed by atoms with Gasteiger partial charge in [0.15, 0.2) is 0 Å². The molecule has 21 heavy (non-hydrogen) atoms. The Morgan fingerprint density at radius 2 is 2.29 bits per heavy atom. The Balaban J connectivity index is 1.70. The summed E-state index contributed by atoms with van der Waals surface area (Å²) >= 11 is 0. The van der Waals surface area contributed by atoms with Crippen molar-refractivity contribution in [3.8, 4) is 0 Å². The first-order valence-corrected chi connectivity index (χ1v) is 7.26. The summed E-state index contributed by atoms with van der Waals surface area (Å²) in [6.07, 6.45) is 5.29. The van der Waals surface area contributed by atoms with Crippen LogP contribution in [-0.2, 0) is 4.79 Å². The number of anilines is 1. The molecule has 2 saturated heterocycles. The van der Waals surface area contributed by atoms with E-state index in [9.17, 15) is 9.59 Å². The van der Waals surface area contributed by atoms with E-state index in [-0.39, 0.29) is 17.9 Å². The van der Waals surface area contributed by atoms with Crippen LogP contribution in [0, 0.1) is 5.92 Å². The molecule has 0 aromatic carbocycles. The first kappa shape index (κ1) is 13.8. The predicted molar refractivity (Wildman–Crippen MR) is 76.8 cm³/mol. The van der Waals surface area contributed by atoms with Crippen LogP contribution in [0.1, 0.15) is 29.8 Å². The number of aromatic nitrogens is 2. The number of hydrogen-bond acceptors (Lipinski definition) is 5. The molecule has 3 rings (SSSR count). The van der Waals surface area contributed by atoms with Gasteiger partial charge in [0.05, 0.1) is 12.4 Å². The topological polar surface area (TPSA) is 87.2 Å². The van der Waals surface area contributed by atoms with Crippen LogP contribution in [0.15, 0.2) is 12.4 Å². The zero-order valence-corrected chi connectivity index (χ0v) is 12.0. The molecule has 0 bridgehead atoms. The molecule has 2 fully saturated rings. The third-order valence-electron chi connectivity index (χ3n) is 4.22. The zero-order valence-electron chi connectivity index (χ0n) is 12.0. The van der Waals surface area contributed by atoms with Gasteiger partial charge >= 0.3 is 0 Å². The van der Waals surface area contributed by atoms with Gasteiger partial charge < -0.3 is 15.5 Å². The van der Waals surface area contributed by atoms with Crippen molar-refractivity contribution in [3.63, 3.8) is 0 Å². The normalized spacial score (nSPS) is 25.0. The van der Waals surface area contributed by atoms with Crippen LogP contribution < -0.4 is 10.6 Å². The number of carbonyl (C=O) groups excluding carboxylic acids is 2. The van der Waals surface area contributed by atoms with Gasteiger partial charge in [-0.2, -0.15) is 0 Å². The van der Waals surface area contributed by atoms with Crippen molar-refractivity contribution in [2.45, 2.75) is 25.3 Å². The molecule has 112 valence electrons. The number of nitrogens with one attached hydrogen (secondary N) is 2. The van der Waals surface area contributed by atoms with E-state index in [1.165, 1.54) is 6.20 Å². The van der Waals surface area contributed by atoms with E-state index >= 15 is 0 Å². The number of piperidine rings is 2. The van der Waals surface area contributed by atoms with E-state index in [1.54, 1.807) is 13.2 Å². The molecule has 1 aromatic heterocycles. The Morgan fingerprint density at radius 3 is 3.10 bits per heavy atom. The zero-order chi connectivity index (χ0) is 14.8. The minimum atomic E-state index is -0.0880. The van der Waals surface area contributed by atoms with Gasteiger partial charge in [0.2, 0.25) is 5.91 Å². The fourth-order valence-electron chi connectivity index (χ4n) is 3.05. The molecular weight excluding hydrogens is 270 g/mol. The Hall–Kier alpha value is -2.18. The maximum absolute atomic E-state index is 12.5. The highest BCUT2D eigenvalue weighted by atomic mass is 16.2. The lowest BCUT2D eigenvalue weighted by atomic mass is 9.85. The molecule has 1 aromatic rings. The Kier molecular flexibility index (Phi) is 3.72. The summed E-state index contributed by atoms with van der Waals surface area (Å²) in [4.78, 5) is 34.0. The first-order chi connectivity index (χ1) is 10.2. The number of fused-ring (bicyclic) bond motifs is 1. The standard InChI is InChI=1S/C14H19N5O2/c1-15-12-7-16-6-11(17-12)14(21)19-5-4-10-9(8-19)2-3-13(20)18-10/h6-7,9-10H,2-5,8H2,1H3,(H,15,17)(H,18,20). The molecule has 7 nitrogen and oxygen atoms in total. The molecule has 7 heteroatoms. The summed E-state index contributed by atoms with van der Waals surface area (Å²) in [5.74, 6) is 0.972. The fraction of sp³-hybridized carbons (Fsp3) is 0.571. The monoisotopic (exact) mass is 289 g/mol. The summed E-state index contributed by atoms with van der Waals surface area (Å²) in [5, 5.41) is 5.90. The van der Waals surface area contributed by atoms with Crippen molar-refractivity contribution in [2.75, 3.05) is 25.5 Å². The minimum Gasteiger partial charge on any atom is -0.372 e. The smallest absolute Gasteiger partial charge is 0.274 e. The number of rotatable bonds is 2. The second-order valence-electron chi connectivity index (χ2n) is 5.55. The lowest BCUT2D eigenvalue weighted by Gasteiger charge is -2.41. The van der Waals surface area contributed by atoms with Crippen LogP contribution in [0.25, 0.3) is 0 Å². The molecule has 2 aliphatic heterocycles. The maximum atomic E-state index is 12.5. The summed E-state index contributed by atoms with van der Waals surface area (Å²) < 4.78 is 0. The van der Waals surface area contributed by atoms with Gasteiger partial charge in [-0.15, -0.1) is 0 Å². The number of amides is 2. The summed E-state index contributed by atoms with van der Waals surface area (Å²) in [5.41, 5.74) is 0.361. The molecular formula is C14H19N5O2. The number of carbonyl (C=O) groups is 2. The molecule has 2 unspecified atom stereocenters. The Morgan fingerprint density at radius 1 is 1.43 bits per heavy atom. The summed E-state index contributed by atoms with van der Waals surface area (Å²) in [6.45, 7) is 1.32. The van der Waals surface area contributed by atoms with Crippen LogP contribution >= 0.6 is 0 Å². The molecule has 0 radical (unpaired) electrons. The second kappa shape index (κ2) is 5.67. The molecule has 0 saturated carbocycles. The molecule has 2 atom stereocenters. The van der Waals surface area contributed by atoms with Gasteiger partial charge in [-0.25, -0.2) is 4.98 Å². The van der Waals surface area contributed by atoms with Crippen LogP contribution in [0.2, 0.25) is 0 Å². The van der Waals surface area contributed by atoms with Crippen LogP contribution in [-0.4, -0.2) is 52.9 Å². The fourth-order valence-corrected chi connectivity index (χ4v) is 3.05. The van der Waals surface area contributed by atoms with E-state index in [0.29, 0.717) is 36.9 Å². The summed E-state index contributed by atoms with van der Waals surface area (Å²) in [7, 11) is 1.74. The van der Waals surface area contributed by atoms with Crippen molar-refractivity contribution < 1.29 is 9.59 Å². The SMILES string of the molecule is CNc1cncc(C(=O)N2CCC3NC(=O)CCC3C2)n1. The van der Waals surface area contributed by atoms with Crippen molar-refractivity contribution in [1.29, 1.82) is 0 Å². The van der Waals surface area contributed by atoms with E-state index < -0.39 is 0 Å². The van der Waals surface area contributed by atoms with Gasteiger partial charge in [-0.1, -0.05) is 0 Å². The highest BCUT2D eigenvalue weighted by molar-refractivity contribution is 5.92.